The molecule has 3 aromatic carbocycles. The summed E-state index contributed by atoms with van der Waals surface area (Å²) in [6.45, 7) is 2.58. The van der Waals surface area contributed by atoms with Crippen LogP contribution >= 0.6 is 0 Å². The predicted molar refractivity (Wildman–Crippen MR) is 97.2 cm³/mol. The first-order chi connectivity index (χ1) is 11.6. The number of methoxy groups -OCH3 is 2. The topological polar surface area (TPSA) is 50.7 Å². The van der Waals surface area contributed by atoms with Crippen molar-refractivity contribution in [2.24, 2.45) is 0 Å². The van der Waals surface area contributed by atoms with Gasteiger partial charge < -0.3 is 19.9 Å². The van der Waals surface area contributed by atoms with Crippen LogP contribution in [0.5, 0.6) is 17.2 Å². The number of ether oxygens (including phenoxy) is 2. The minimum atomic E-state index is 0.255. The number of rotatable bonds is 5. The molecule has 0 unspecified atom stereocenters. The third-order valence-corrected chi connectivity index (χ3v) is 4.19. The van der Waals surface area contributed by atoms with Crippen LogP contribution in [-0.4, -0.2) is 19.3 Å². The Labute approximate surface area is 141 Å². The van der Waals surface area contributed by atoms with Crippen molar-refractivity contribution in [3.8, 4) is 17.2 Å². The Kier molecular flexibility index (Phi) is 4.47. The van der Waals surface area contributed by atoms with Gasteiger partial charge in [0.25, 0.3) is 0 Å². The normalized spacial score (nSPS) is 10.6. The van der Waals surface area contributed by atoms with E-state index in [1.54, 1.807) is 20.3 Å². The molecular formula is C20H21NO3. The van der Waals surface area contributed by atoms with Crippen molar-refractivity contribution < 1.29 is 14.6 Å². The lowest BCUT2D eigenvalue weighted by Crippen LogP contribution is -2.02. The Morgan fingerprint density at radius 3 is 2.29 bits per heavy atom. The lowest BCUT2D eigenvalue weighted by molar-refractivity contribution is 0.356. The van der Waals surface area contributed by atoms with Crippen LogP contribution in [0.4, 0.5) is 5.69 Å². The van der Waals surface area contributed by atoms with Crippen molar-refractivity contribution in [2.45, 2.75) is 13.5 Å². The van der Waals surface area contributed by atoms with E-state index in [-0.39, 0.29) is 5.75 Å². The number of hydrogen-bond acceptors (Lipinski definition) is 4. The standard InChI is InChI=1S/C20H21NO3/c1-13-17(22)9-15-10-18(23-2)19(24-3)11-16(15)20(13)21-12-14-7-5-4-6-8-14/h4-11,21-22H,12H2,1-3H3. The quantitative estimate of drug-likeness (QED) is 0.727. The molecule has 0 fully saturated rings. The summed E-state index contributed by atoms with van der Waals surface area (Å²) in [5.74, 6) is 1.56. The van der Waals surface area contributed by atoms with Gasteiger partial charge in [-0.2, -0.15) is 0 Å². The number of nitrogens with one attached hydrogen (secondary N) is 1. The maximum atomic E-state index is 10.3. The molecule has 0 bridgehead atoms. The van der Waals surface area contributed by atoms with E-state index < -0.39 is 0 Å². The van der Waals surface area contributed by atoms with E-state index in [2.05, 4.69) is 17.4 Å². The van der Waals surface area contributed by atoms with Gasteiger partial charge in [-0.05, 0) is 36.1 Å². The van der Waals surface area contributed by atoms with Crippen LogP contribution in [0, 0.1) is 6.92 Å². The van der Waals surface area contributed by atoms with E-state index in [4.69, 9.17) is 9.47 Å². The van der Waals surface area contributed by atoms with Gasteiger partial charge >= 0.3 is 0 Å². The van der Waals surface area contributed by atoms with Gasteiger partial charge in [-0.25, -0.2) is 0 Å². The molecule has 0 amide bonds. The summed E-state index contributed by atoms with van der Waals surface area (Å²) >= 11 is 0. The molecule has 0 aliphatic heterocycles. The maximum absolute atomic E-state index is 10.3. The minimum Gasteiger partial charge on any atom is -0.508 e. The summed E-state index contributed by atoms with van der Waals surface area (Å²) < 4.78 is 10.8. The van der Waals surface area contributed by atoms with Gasteiger partial charge in [0.2, 0.25) is 0 Å². The largest absolute Gasteiger partial charge is 0.508 e. The zero-order valence-corrected chi connectivity index (χ0v) is 14.1. The highest BCUT2D eigenvalue weighted by atomic mass is 16.5. The molecule has 124 valence electrons. The van der Waals surface area contributed by atoms with Crippen LogP contribution in [-0.2, 0) is 6.54 Å². The first-order valence-corrected chi connectivity index (χ1v) is 7.80. The molecule has 0 aliphatic carbocycles. The lowest BCUT2D eigenvalue weighted by Gasteiger charge is -2.17. The van der Waals surface area contributed by atoms with Gasteiger partial charge in [-0.1, -0.05) is 30.3 Å². The van der Waals surface area contributed by atoms with E-state index in [0.717, 1.165) is 22.0 Å². The Morgan fingerprint density at radius 2 is 1.62 bits per heavy atom. The van der Waals surface area contributed by atoms with E-state index in [0.29, 0.717) is 18.0 Å². The van der Waals surface area contributed by atoms with E-state index >= 15 is 0 Å². The number of fused-ring (bicyclic) bond motifs is 1. The van der Waals surface area contributed by atoms with E-state index in [1.807, 2.05) is 37.3 Å². The van der Waals surface area contributed by atoms with Gasteiger partial charge in [0.15, 0.2) is 11.5 Å². The Balaban J connectivity index is 2.08. The highest BCUT2D eigenvalue weighted by Crippen LogP contribution is 2.40. The van der Waals surface area contributed by atoms with Crippen molar-refractivity contribution in [1.29, 1.82) is 0 Å². The zero-order valence-electron chi connectivity index (χ0n) is 14.1. The first-order valence-electron chi connectivity index (χ1n) is 7.80. The molecule has 0 aliphatic rings. The van der Waals surface area contributed by atoms with Gasteiger partial charge in [0.05, 0.1) is 14.2 Å². The molecule has 0 saturated heterocycles. The molecule has 0 saturated carbocycles. The fourth-order valence-electron chi connectivity index (χ4n) is 2.83. The van der Waals surface area contributed by atoms with Gasteiger partial charge in [-0.3, -0.25) is 0 Å². The van der Waals surface area contributed by atoms with Crippen LogP contribution in [0.2, 0.25) is 0 Å². The summed E-state index contributed by atoms with van der Waals surface area (Å²) in [5, 5.41) is 15.6. The third kappa shape index (κ3) is 2.95. The Hall–Kier alpha value is -2.88. The second kappa shape index (κ2) is 6.71. The second-order valence-electron chi connectivity index (χ2n) is 5.66. The number of aromatic hydroxyl groups is 1. The average Bonchev–Trinajstić information content (AvgIpc) is 2.62. The number of phenols is 1. The molecule has 24 heavy (non-hydrogen) atoms. The molecule has 0 spiro atoms. The first kappa shape index (κ1) is 16.0. The van der Waals surface area contributed by atoms with Crippen LogP contribution in [0.3, 0.4) is 0 Å². The molecule has 0 aromatic heterocycles. The van der Waals surface area contributed by atoms with Crippen molar-refractivity contribution in [3.63, 3.8) is 0 Å². The molecule has 4 heteroatoms. The summed E-state index contributed by atoms with van der Waals surface area (Å²) in [7, 11) is 3.22. The van der Waals surface area contributed by atoms with Crippen LogP contribution < -0.4 is 14.8 Å². The monoisotopic (exact) mass is 323 g/mol. The van der Waals surface area contributed by atoms with Crippen molar-refractivity contribution in [2.75, 3.05) is 19.5 Å². The molecule has 3 rings (SSSR count). The number of phenolic OH excluding ortho intramolecular Hbond substituents is 1. The Morgan fingerprint density at radius 1 is 0.958 bits per heavy atom. The van der Waals surface area contributed by atoms with Gasteiger partial charge in [0, 0.05) is 23.2 Å². The molecule has 0 heterocycles. The molecule has 0 atom stereocenters. The number of benzene rings is 3. The number of anilines is 1. The third-order valence-electron chi connectivity index (χ3n) is 4.19. The maximum Gasteiger partial charge on any atom is 0.161 e. The average molecular weight is 323 g/mol. The second-order valence-corrected chi connectivity index (χ2v) is 5.66. The Bertz CT molecular complexity index is 860. The summed E-state index contributed by atoms with van der Waals surface area (Å²) in [4.78, 5) is 0. The smallest absolute Gasteiger partial charge is 0.161 e. The molecule has 0 radical (unpaired) electrons. The molecule has 2 N–H and O–H groups in total. The van der Waals surface area contributed by atoms with E-state index in [9.17, 15) is 5.11 Å². The van der Waals surface area contributed by atoms with Crippen molar-refractivity contribution >= 4 is 16.5 Å². The number of hydrogen-bond donors (Lipinski definition) is 2. The SMILES string of the molecule is COc1cc2cc(O)c(C)c(NCc3ccccc3)c2cc1OC. The highest BCUT2D eigenvalue weighted by Gasteiger charge is 2.14. The lowest BCUT2D eigenvalue weighted by atomic mass is 10.0. The van der Waals surface area contributed by atoms with Crippen LogP contribution in [0.15, 0.2) is 48.5 Å². The van der Waals surface area contributed by atoms with Gasteiger partial charge in [-0.15, -0.1) is 0 Å². The minimum absolute atomic E-state index is 0.255. The van der Waals surface area contributed by atoms with Crippen molar-refractivity contribution in [1.82, 2.24) is 0 Å². The van der Waals surface area contributed by atoms with Crippen molar-refractivity contribution in [3.05, 3.63) is 59.7 Å². The zero-order chi connectivity index (χ0) is 17.1. The highest BCUT2D eigenvalue weighted by molar-refractivity contribution is 5.99. The summed E-state index contributed by atoms with van der Waals surface area (Å²) in [6.07, 6.45) is 0. The molecular weight excluding hydrogens is 302 g/mol. The molecule has 4 nitrogen and oxygen atoms in total. The summed E-state index contributed by atoms with van der Waals surface area (Å²) in [5.41, 5.74) is 2.88. The fraction of sp³-hybridized carbons (Fsp3) is 0.200. The van der Waals surface area contributed by atoms with Crippen LogP contribution in [0.25, 0.3) is 10.8 Å². The predicted octanol–water partition coefficient (Wildman–Crippen LogP) is 4.48. The van der Waals surface area contributed by atoms with Gasteiger partial charge in [0.1, 0.15) is 5.75 Å². The molecule has 3 aromatic rings. The van der Waals surface area contributed by atoms with Crippen LogP contribution in [0.1, 0.15) is 11.1 Å². The fourth-order valence-corrected chi connectivity index (χ4v) is 2.83. The summed E-state index contributed by atoms with van der Waals surface area (Å²) in [6, 6.07) is 15.7. The van der Waals surface area contributed by atoms with E-state index in [1.165, 1.54) is 5.56 Å².